The lowest BCUT2D eigenvalue weighted by molar-refractivity contribution is -0.140. The van der Waals surface area contributed by atoms with Crippen LogP contribution in [0.25, 0.3) is 21.9 Å². The van der Waals surface area contributed by atoms with E-state index in [1.54, 1.807) is 18.2 Å². The summed E-state index contributed by atoms with van der Waals surface area (Å²) < 4.78 is 40.4. The number of carbonyl (C=O) groups excluding carboxylic acids is 1. The molecule has 6 nitrogen and oxygen atoms in total. The zero-order chi connectivity index (χ0) is 23.7. The van der Waals surface area contributed by atoms with Crippen LogP contribution in [0.2, 0.25) is 0 Å². The minimum Gasteiger partial charge on any atom is -0.469 e. The van der Waals surface area contributed by atoms with Crippen LogP contribution >= 0.6 is 0 Å². The van der Waals surface area contributed by atoms with Crippen LogP contribution in [-0.2, 0) is 19.6 Å². The van der Waals surface area contributed by atoms with E-state index >= 15 is 0 Å². The molecule has 2 bridgehead atoms. The van der Waals surface area contributed by atoms with Gasteiger partial charge in [-0.05, 0) is 80.5 Å². The highest BCUT2D eigenvalue weighted by molar-refractivity contribution is 7.89. The zero-order valence-corrected chi connectivity index (χ0v) is 20.2. The van der Waals surface area contributed by atoms with Gasteiger partial charge in [-0.25, -0.2) is 13.1 Å². The van der Waals surface area contributed by atoms with E-state index in [1.807, 2.05) is 24.3 Å². The minimum atomic E-state index is -3.66. The quantitative estimate of drug-likeness (QED) is 0.245. The van der Waals surface area contributed by atoms with E-state index in [-0.39, 0.29) is 16.9 Å². The molecule has 34 heavy (non-hydrogen) atoms. The summed E-state index contributed by atoms with van der Waals surface area (Å²) in [6, 6.07) is 12.8. The summed E-state index contributed by atoms with van der Waals surface area (Å²) in [5, 5.41) is 1.74. The van der Waals surface area contributed by atoms with E-state index < -0.39 is 10.0 Å². The van der Waals surface area contributed by atoms with Gasteiger partial charge in [-0.3, -0.25) is 4.79 Å². The Kier molecular flexibility index (Phi) is 6.49. The number of fused-ring (bicyclic) bond motifs is 5. The molecule has 1 heterocycles. The molecule has 2 fully saturated rings. The van der Waals surface area contributed by atoms with Gasteiger partial charge in [0.05, 0.1) is 12.0 Å². The molecule has 2 aliphatic carbocycles. The number of esters is 1. The lowest BCUT2D eigenvalue weighted by atomic mass is 9.83. The Morgan fingerprint density at radius 3 is 2.74 bits per heavy atom. The first-order valence-corrected chi connectivity index (χ1v) is 13.6. The molecule has 0 radical (unpaired) electrons. The fourth-order valence-electron chi connectivity index (χ4n) is 5.89. The Balaban J connectivity index is 1.30. The maximum Gasteiger partial charge on any atom is 0.305 e. The minimum absolute atomic E-state index is 0.0414. The third-order valence-electron chi connectivity index (χ3n) is 7.59. The number of benzene rings is 2. The van der Waals surface area contributed by atoms with Crippen molar-refractivity contribution in [2.75, 3.05) is 7.11 Å². The monoisotopic (exact) mass is 481 g/mol. The number of allylic oxidation sites excluding steroid dienone is 2. The number of furan rings is 1. The van der Waals surface area contributed by atoms with Gasteiger partial charge < -0.3 is 9.15 Å². The molecule has 2 saturated carbocycles. The number of methoxy groups -OCH3 is 1. The molecule has 2 aliphatic rings. The van der Waals surface area contributed by atoms with Gasteiger partial charge in [-0.1, -0.05) is 30.4 Å². The van der Waals surface area contributed by atoms with E-state index in [0.717, 1.165) is 48.5 Å². The Morgan fingerprint density at radius 2 is 1.88 bits per heavy atom. The second-order valence-electron chi connectivity index (χ2n) is 9.58. The average molecular weight is 482 g/mol. The van der Waals surface area contributed by atoms with E-state index in [0.29, 0.717) is 29.8 Å². The van der Waals surface area contributed by atoms with Gasteiger partial charge in [-0.15, -0.1) is 0 Å². The lowest BCUT2D eigenvalue weighted by Gasteiger charge is -2.31. The Labute approximate surface area is 200 Å². The molecule has 4 atom stereocenters. The van der Waals surface area contributed by atoms with Gasteiger partial charge in [0.1, 0.15) is 11.2 Å². The van der Waals surface area contributed by atoms with Crippen LogP contribution in [0, 0.1) is 17.8 Å². The van der Waals surface area contributed by atoms with Gasteiger partial charge in [0.15, 0.2) is 0 Å². The number of para-hydroxylation sites is 1. The molecule has 2 aromatic carbocycles. The standard InChI is InChI=1S/C27H31NO5S/c1-32-26(29)11-5-3-2-4-8-21-18-12-13-19(16-18)27(21)28-34(30,31)20-14-15-25-23(17-20)22-9-6-7-10-24(22)33-25/h2,4,6-7,9-10,14-15,17-19,21,27-28H,3,5,8,11-13,16H2,1H3/b4-2-/t18-,19+,21+,27+/m0/s1. The smallest absolute Gasteiger partial charge is 0.305 e. The molecule has 0 unspecified atom stereocenters. The van der Waals surface area contributed by atoms with E-state index in [1.165, 1.54) is 13.5 Å². The van der Waals surface area contributed by atoms with E-state index in [9.17, 15) is 13.2 Å². The van der Waals surface area contributed by atoms with E-state index in [2.05, 4.69) is 21.6 Å². The Bertz CT molecular complexity index is 1330. The summed E-state index contributed by atoms with van der Waals surface area (Å²) in [6.07, 6.45) is 10.5. The fraction of sp³-hybridized carbons (Fsp3) is 0.444. The number of sulfonamides is 1. The van der Waals surface area contributed by atoms with Gasteiger partial charge in [0, 0.05) is 23.2 Å². The van der Waals surface area contributed by atoms with Crippen molar-refractivity contribution in [1.29, 1.82) is 0 Å². The third-order valence-corrected chi connectivity index (χ3v) is 9.05. The summed E-state index contributed by atoms with van der Waals surface area (Å²) in [5.41, 5.74) is 1.45. The summed E-state index contributed by atoms with van der Waals surface area (Å²) in [5.74, 6) is 1.09. The van der Waals surface area contributed by atoms with Crippen molar-refractivity contribution in [1.82, 2.24) is 4.72 Å². The lowest BCUT2D eigenvalue weighted by Crippen LogP contribution is -2.43. The van der Waals surface area contributed by atoms with Crippen molar-refractivity contribution in [2.24, 2.45) is 17.8 Å². The number of hydrogen-bond donors (Lipinski definition) is 1. The zero-order valence-electron chi connectivity index (χ0n) is 19.4. The average Bonchev–Trinajstić information content (AvgIpc) is 3.54. The fourth-order valence-corrected chi connectivity index (χ4v) is 7.27. The molecular weight excluding hydrogens is 450 g/mol. The third kappa shape index (κ3) is 4.51. The number of rotatable bonds is 9. The van der Waals surface area contributed by atoms with E-state index in [4.69, 9.17) is 4.42 Å². The first-order valence-electron chi connectivity index (χ1n) is 12.1. The van der Waals surface area contributed by atoms with Crippen LogP contribution in [0.15, 0.2) is 63.9 Å². The SMILES string of the molecule is COC(=O)CCC/C=C\C[C@@H]1[C@H]2CC[C@H](C2)[C@H]1NS(=O)(=O)c1ccc2oc3ccccc3c2c1. The molecule has 1 N–H and O–H groups in total. The second kappa shape index (κ2) is 9.55. The topological polar surface area (TPSA) is 85.6 Å². The summed E-state index contributed by atoms with van der Waals surface area (Å²) >= 11 is 0. The number of ether oxygens (including phenoxy) is 1. The molecule has 0 saturated heterocycles. The molecular formula is C27H31NO5S. The highest BCUT2D eigenvalue weighted by atomic mass is 32.2. The molecule has 5 rings (SSSR count). The maximum absolute atomic E-state index is 13.4. The van der Waals surface area contributed by atoms with Crippen LogP contribution in [0.3, 0.4) is 0 Å². The van der Waals surface area contributed by atoms with Crippen LogP contribution in [0.4, 0.5) is 0 Å². The number of carbonyl (C=O) groups is 1. The van der Waals surface area contributed by atoms with Crippen LogP contribution < -0.4 is 4.72 Å². The van der Waals surface area contributed by atoms with Crippen molar-refractivity contribution in [3.8, 4) is 0 Å². The van der Waals surface area contributed by atoms with Crippen molar-refractivity contribution < 1.29 is 22.4 Å². The van der Waals surface area contributed by atoms with Gasteiger partial charge in [0.2, 0.25) is 10.0 Å². The second-order valence-corrected chi connectivity index (χ2v) is 11.3. The maximum atomic E-state index is 13.4. The molecule has 0 aliphatic heterocycles. The normalized spacial score (nSPS) is 24.5. The molecule has 1 aromatic heterocycles. The van der Waals surface area contributed by atoms with Gasteiger partial charge in [-0.2, -0.15) is 0 Å². The first kappa shape index (κ1) is 23.1. The Morgan fingerprint density at radius 1 is 1.09 bits per heavy atom. The van der Waals surface area contributed by atoms with Crippen molar-refractivity contribution in [3.63, 3.8) is 0 Å². The summed E-state index contributed by atoms with van der Waals surface area (Å²) in [7, 11) is -2.25. The molecule has 3 aromatic rings. The van der Waals surface area contributed by atoms with Gasteiger partial charge >= 0.3 is 5.97 Å². The number of hydrogen-bond acceptors (Lipinski definition) is 5. The summed E-state index contributed by atoms with van der Waals surface area (Å²) in [4.78, 5) is 11.5. The van der Waals surface area contributed by atoms with Crippen LogP contribution in [0.5, 0.6) is 0 Å². The molecule has 0 amide bonds. The van der Waals surface area contributed by atoms with Crippen molar-refractivity contribution >= 4 is 37.9 Å². The highest BCUT2D eigenvalue weighted by Crippen LogP contribution is 2.50. The predicted octanol–water partition coefficient (Wildman–Crippen LogP) is 5.57. The van der Waals surface area contributed by atoms with Crippen molar-refractivity contribution in [2.45, 2.75) is 55.9 Å². The summed E-state index contributed by atoms with van der Waals surface area (Å²) in [6.45, 7) is 0. The number of unbranched alkanes of at least 4 members (excludes halogenated alkanes) is 1. The Hall–Kier alpha value is -2.64. The number of nitrogens with one attached hydrogen (secondary N) is 1. The highest BCUT2D eigenvalue weighted by Gasteiger charge is 2.48. The largest absolute Gasteiger partial charge is 0.469 e. The predicted molar refractivity (Wildman–Crippen MR) is 132 cm³/mol. The van der Waals surface area contributed by atoms with Crippen LogP contribution in [0.1, 0.15) is 44.9 Å². The molecule has 180 valence electrons. The van der Waals surface area contributed by atoms with Crippen LogP contribution in [-0.4, -0.2) is 27.5 Å². The first-order chi connectivity index (χ1) is 16.5. The molecule has 0 spiro atoms. The van der Waals surface area contributed by atoms with Gasteiger partial charge in [0.25, 0.3) is 0 Å². The molecule has 7 heteroatoms. The van der Waals surface area contributed by atoms with Crippen molar-refractivity contribution in [3.05, 3.63) is 54.6 Å².